The predicted octanol–water partition coefficient (Wildman–Crippen LogP) is 4.28. The number of halogens is 2. The van der Waals surface area contributed by atoms with Crippen molar-refractivity contribution in [2.75, 3.05) is 6.61 Å². The number of nitrogens with one attached hydrogen (secondary N) is 1. The van der Waals surface area contributed by atoms with Crippen LogP contribution in [0, 0.1) is 3.57 Å². The van der Waals surface area contributed by atoms with E-state index in [0.717, 1.165) is 36.3 Å². The van der Waals surface area contributed by atoms with Crippen molar-refractivity contribution in [1.82, 2.24) is 5.32 Å². The van der Waals surface area contributed by atoms with Crippen LogP contribution in [0.1, 0.15) is 16.7 Å². The molecule has 0 unspecified atom stereocenters. The Balaban J connectivity index is 1.65. The van der Waals surface area contributed by atoms with Crippen molar-refractivity contribution < 1.29 is 4.74 Å². The minimum absolute atomic E-state index is 0.801. The highest BCUT2D eigenvalue weighted by molar-refractivity contribution is 14.1. The van der Waals surface area contributed by atoms with E-state index in [-0.39, 0.29) is 0 Å². The van der Waals surface area contributed by atoms with Gasteiger partial charge in [-0.3, -0.25) is 0 Å². The van der Waals surface area contributed by atoms with E-state index >= 15 is 0 Å². The second-order valence-electron chi connectivity index (χ2n) is 4.88. The molecule has 0 fully saturated rings. The zero-order chi connectivity index (χ0) is 13.9. The van der Waals surface area contributed by atoms with Crippen molar-refractivity contribution in [3.63, 3.8) is 0 Å². The molecule has 0 bridgehead atoms. The third-order valence-corrected chi connectivity index (χ3v) is 4.56. The van der Waals surface area contributed by atoms with Gasteiger partial charge in [-0.15, -0.1) is 0 Å². The van der Waals surface area contributed by atoms with Gasteiger partial charge >= 0.3 is 0 Å². The fraction of sp³-hybridized carbons (Fsp3) is 0.250. The van der Waals surface area contributed by atoms with Gasteiger partial charge in [0.2, 0.25) is 0 Å². The molecule has 0 aromatic heterocycles. The molecule has 0 spiro atoms. The molecule has 0 atom stereocenters. The van der Waals surface area contributed by atoms with E-state index < -0.39 is 0 Å². The predicted molar refractivity (Wildman–Crippen MR) is 93.0 cm³/mol. The van der Waals surface area contributed by atoms with Crippen LogP contribution >= 0.6 is 38.5 Å². The van der Waals surface area contributed by atoms with Gasteiger partial charge in [0.05, 0.1) is 6.61 Å². The molecule has 0 amide bonds. The van der Waals surface area contributed by atoms with Crippen molar-refractivity contribution in [2.24, 2.45) is 0 Å². The third-order valence-electron chi connectivity index (χ3n) is 3.38. The third kappa shape index (κ3) is 3.35. The molecule has 1 N–H and O–H groups in total. The zero-order valence-corrected chi connectivity index (χ0v) is 14.7. The van der Waals surface area contributed by atoms with E-state index in [9.17, 15) is 0 Å². The van der Waals surface area contributed by atoms with E-state index in [1.807, 2.05) is 0 Å². The van der Waals surface area contributed by atoms with Gasteiger partial charge in [0.25, 0.3) is 0 Å². The van der Waals surface area contributed by atoms with Crippen LogP contribution in [0.25, 0.3) is 0 Å². The average Bonchev–Trinajstić information content (AvgIpc) is 2.89. The first-order chi connectivity index (χ1) is 9.72. The Morgan fingerprint density at radius 1 is 1.15 bits per heavy atom. The number of ether oxygens (including phenoxy) is 1. The maximum atomic E-state index is 5.74. The van der Waals surface area contributed by atoms with Crippen molar-refractivity contribution in [1.29, 1.82) is 0 Å². The van der Waals surface area contributed by atoms with Crippen LogP contribution in [0.5, 0.6) is 5.75 Å². The first kappa shape index (κ1) is 14.4. The van der Waals surface area contributed by atoms with Crippen LogP contribution in [-0.2, 0) is 19.5 Å². The summed E-state index contributed by atoms with van der Waals surface area (Å²) in [4.78, 5) is 0. The standard InChI is InChI=1S/C16H15BrINO/c17-14-7-12-5-6-20-16(12)13(8-14)10-19-9-11-1-3-15(18)4-2-11/h1-4,7-8,19H,5-6,9-10H2. The van der Waals surface area contributed by atoms with Crippen molar-refractivity contribution in [3.8, 4) is 5.75 Å². The van der Waals surface area contributed by atoms with Gasteiger partial charge in [-0.2, -0.15) is 0 Å². The molecule has 1 heterocycles. The minimum atomic E-state index is 0.801. The lowest BCUT2D eigenvalue weighted by Crippen LogP contribution is -2.13. The number of hydrogen-bond acceptors (Lipinski definition) is 2. The van der Waals surface area contributed by atoms with Crippen LogP contribution in [0.3, 0.4) is 0 Å². The van der Waals surface area contributed by atoms with Gasteiger partial charge in [0.1, 0.15) is 5.75 Å². The van der Waals surface area contributed by atoms with Crippen LogP contribution in [0.4, 0.5) is 0 Å². The quantitative estimate of drug-likeness (QED) is 0.712. The molecule has 2 aromatic carbocycles. The summed E-state index contributed by atoms with van der Waals surface area (Å²) < 4.78 is 8.14. The Labute approximate surface area is 141 Å². The SMILES string of the molecule is Brc1cc2c(c(CNCc3ccc(I)cc3)c1)OCC2. The van der Waals surface area contributed by atoms with Gasteiger partial charge in [-0.05, 0) is 58.0 Å². The molecule has 3 rings (SSSR count). The summed E-state index contributed by atoms with van der Waals surface area (Å²) in [5.74, 6) is 1.07. The Morgan fingerprint density at radius 2 is 1.95 bits per heavy atom. The summed E-state index contributed by atoms with van der Waals surface area (Å²) in [6.45, 7) is 2.50. The smallest absolute Gasteiger partial charge is 0.127 e. The molecular formula is C16H15BrINO. The van der Waals surface area contributed by atoms with E-state index in [1.54, 1.807) is 0 Å². The normalized spacial score (nSPS) is 13.1. The van der Waals surface area contributed by atoms with Crippen molar-refractivity contribution in [2.45, 2.75) is 19.5 Å². The number of hydrogen-bond donors (Lipinski definition) is 1. The molecule has 0 radical (unpaired) electrons. The highest BCUT2D eigenvalue weighted by Crippen LogP contribution is 2.32. The lowest BCUT2D eigenvalue weighted by atomic mass is 10.1. The summed E-state index contributed by atoms with van der Waals surface area (Å²) in [5, 5.41) is 3.49. The monoisotopic (exact) mass is 443 g/mol. The number of fused-ring (bicyclic) bond motifs is 1. The summed E-state index contributed by atoms with van der Waals surface area (Å²) in [5.41, 5.74) is 3.85. The van der Waals surface area contributed by atoms with Crippen molar-refractivity contribution >= 4 is 38.5 Å². The Kier molecular flexibility index (Phi) is 4.63. The van der Waals surface area contributed by atoms with Gasteiger partial charge in [-0.25, -0.2) is 0 Å². The molecule has 2 aromatic rings. The topological polar surface area (TPSA) is 21.3 Å². The lowest BCUT2D eigenvalue weighted by Gasteiger charge is -2.10. The molecule has 104 valence electrons. The maximum absolute atomic E-state index is 5.74. The number of rotatable bonds is 4. The van der Waals surface area contributed by atoms with E-state index in [4.69, 9.17) is 4.74 Å². The summed E-state index contributed by atoms with van der Waals surface area (Å²) >= 11 is 5.90. The van der Waals surface area contributed by atoms with E-state index in [2.05, 4.69) is 80.2 Å². The average molecular weight is 444 g/mol. The summed E-state index contributed by atoms with van der Waals surface area (Å²) in [6, 6.07) is 12.9. The minimum Gasteiger partial charge on any atom is -0.493 e. The largest absolute Gasteiger partial charge is 0.493 e. The Hall–Kier alpha value is -0.590. The first-order valence-corrected chi connectivity index (χ1v) is 8.49. The molecule has 1 aliphatic rings. The first-order valence-electron chi connectivity index (χ1n) is 6.61. The van der Waals surface area contributed by atoms with E-state index in [0.29, 0.717) is 0 Å². The van der Waals surface area contributed by atoms with Crippen LogP contribution < -0.4 is 10.1 Å². The maximum Gasteiger partial charge on any atom is 0.127 e. The molecule has 20 heavy (non-hydrogen) atoms. The molecule has 4 heteroatoms. The highest BCUT2D eigenvalue weighted by atomic mass is 127. The summed E-state index contributed by atoms with van der Waals surface area (Å²) in [7, 11) is 0. The Morgan fingerprint density at radius 3 is 2.75 bits per heavy atom. The van der Waals surface area contributed by atoms with Crippen LogP contribution in [0.2, 0.25) is 0 Å². The molecular weight excluding hydrogens is 429 g/mol. The lowest BCUT2D eigenvalue weighted by molar-refractivity contribution is 0.352. The summed E-state index contributed by atoms with van der Waals surface area (Å²) in [6.07, 6.45) is 1.01. The molecule has 0 aliphatic carbocycles. The second-order valence-corrected chi connectivity index (χ2v) is 7.04. The van der Waals surface area contributed by atoms with Crippen molar-refractivity contribution in [3.05, 3.63) is 61.1 Å². The molecule has 0 saturated heterocycles. The fourth-order valence-corrected chi connectivity index (χ4v) is 3.33. The van der Waals surface area contributed by atoms with Gasteiger partial charge in [0.15, 0.2) is 0 Å². The van der Waals surface area contributed by atoms with Gasteiger partial charge in [0, 0.05) is 33.1 Å². The number of benzene rings is 2. The molecule has 2 nitrogen and oxygen atoms in total. The second kappa shape index (κ2) is 6.45. The van der Waals surface area contributed by atoms with E-state index in [1.165, 1.54) is 20.3 Å². The molecule has 0 saturated carbocycles. The Bertz CT molecular complexity index is 613. The highest BCUT2D eigenvalue weighted by Gasteiger charge is 2.16. The van der Waals surface area contributed by atoms with Crippen LogP contribution in [0.15, 0.2) is 40.9 Å². The zero-order valence-electron chi connectivity index (χ0n) is 11.0. The molecule has 1 aliphatic heterocycles. The van der Waals surface area contributed by atoms with Crippen LogP contribution in [-0.4, -0.2) is 6.61 Å². The van der Waals surface area contributed by atoms with Gasteiger partial charge in [-0.1, -0.05) is 28.1 Å². The fourth-order valence-electron chi connectivity index (χ4n) is 2.42. The van der Waals surface area contributed by atoms with Gasteiger partial charge < -0.3 is 10.1 Å².